The Morgan fingerprint density at radius 3 is 0.573 bits per heavy atom. The summed E-state index contributed by atoms with van der Waals surface area (Å²) in [6.07, 6.45) is 15.2. The maximum Gasteiger partial charge on any atom is 0.460 e. The van der Waals surface area contributed by atoms with Gasteiger partial charge in [-0.15, -0.1) is 0 Å². The van der Waals surface area contributed by atoms with Crippen LogP contribution in [0, 0.1) is 23.7 Å². The molecule has 0 saturated heterocycles. The average Bonchev–Trinajstić information content (AvgIpc) is 0.745. The van der Waals surface area contributed by atoms with E-state index in [9.17, 15) is 53.9 Å². The van der Waals surface area contributed by atoms with Crippen molar-refractivity contribution in [3.8, 4) is 0 Å². The second kappa shape index (κ2) is 111. The molecule has 4 unspecified atom stereocenters. The lowest BCUT2D eigenvalue weighted by atomic mass is 10.0. The molecule has 26 nitrogen and oxygen atoms in total. The maximum atomic E-state index is 13.0. The standard InChI is InChI=1S/C66H132O22.C13H26O2.C11H13F9O2.6CH4/c1-4-65(2)66(67)88-64-24-63-87-62-23-61-86-60-22-59-85-58-21-57-84-56-20-55-83-54-19-53-82-52-18-51-81-50-17-49-80-48-16-47-79-46-15-45-78-44-14-43-77-42-13-41-76-40-12-39-75-38-11-37-74-36-10-35-73-34-9-33-72-32-8-31-71-30-7-29-70-28-6-27-69-26-5-25-68-3;1-5-8-9-12(7-3)10-15-13(14)11(4)6-2;1-3-6(2)7(21)22-5-4-8(12,13)9(14,15)10(16,17)11(18,19)20;;;;;;/h65H,4-64H2,1-3H3;11-12H,5-10H2,1-4H3;6H,3-5H2,1-2H3;6*1H4. The molecule has 0 bridgehead atoms. The van der Waals surface area contributed by atoms with Crippen LogP contribution in [-0.4, -0.2) is 326 Å². The number of alkyl halides is 9. The van der Waals surface area contributed by atoms with E-state index in [-0.39, 0.29) is 74.8 Å². The quantitative estimate of drug-likeness (QED) is 0.0237. The Morgan fingerprint density at radius 1 is 0.229 bits per heavy atom. The summed E-state index contributed by atoms with van der Waals surface area (Å²) in [5.41, 5.74) is 0. The van der Waals surface area contributed by atoms with Crippen molar-refractivity contribution < 1.29 is 163 Å². The molecule has 0 aromatic carbocycles. The summed E-state index contributed by atoms with van der Waals surface area (Å²) in [4.78, 5) is 34.1. The molecule has 0 fully saturated rings. The number of halogens is 9. The zero-order valence-electron chi connectivity index (χ0n) is 78.3. The summed E-state index contributed by atoms with van der Waals surface area (Å²) in [5, 5.41) is 0. The molecular weight excluding hydrogens is 1740 g/mol. The van der Waals surface area contributed by atoms with Crippen molar-refractivity contribution in [1.82, 2.24) is 0 Å². The number of ether oxygens (including phenoxy) is 23. The number of rotatable bonds is 97. The number of unbranched alkanes of at least 4 members (excludes halogenated alkanes) is 1. The molecule has 0 heterocycles. The van der Waals surface area contributed by atoms with Crippen LogP contribution < -0.4 is 0 Å². The lowest BCUT2D eigenvalue weighted by Crippen LogP contribution is -2.61. The Morgan fingerprint density at radius 2 is 0.405 bits per heavy atom. The molecule has 0 N–H and O–H groups in total. The highest BCUT2D eigenvalue weighted by Crippen LogP contribution is 2.54. The molecule has 35 heteroatoms. The number of carbonyl (C=O) groups is 3. The number of esters is 3. The molecular formula is C96H195F9O26. The van der Waals surface area contributed by atoms with Crippen LogP contribution in [0.2, 0.25) is 0 Å². The van der Waals surface area contributed by atoms with Crippen molar-refractivity contribution in [3.63, 3.8) is 0 Å². The van der Waals surface area contributed by atoms with Gasteiger partial charge in [0.15, 0.2) is 0 Å². The van der Waals surface area contributed by atoms with Crippen molar-refractivity contribution >= 4 is 17.9 Å². The second-order valence-electron chi connectivity index (χ2n) is 30.1. The molecule has 0 amide bonds. The fraction of sp³-hybridized carbons (Fsp3) is 0.969. The molecule has 0 rings (SSSR count). The number of hydrogen-bond donors (Lipinski definition) is 0. The molecule has 0 aliphatic heterocycles. The van der Waals surface area contributed by atoms with Crippen LogP contribution in [-0.2, 0) is 123 Å². The number of hydrogen-bond acceptors (Lipinski definition) is 26. The third-order valence-electron chi connectivity index (χ3n) is 18.6. The van der Waals surface area contributed by atoms with Gasteiger partial charge in [0.1, 0.15) is 0 Å². The van der Waals surface area contributed by atoms with Crippen molar-refractivity contribution in [2.24, 2.45) is 23.7 Å². The van der Waals surface area contributed by atoms with Gasteiger partial charge in [0, 0.05) is 271 Å². The number of methoxy groups -OCH3 is 1. The van der Waals surface area contributed by atoms with Crippen LogP contribution in [0.1, 0.15) is 280 Å². The Bertz CT molecular complexity index is 2220. The normalized spacial score (nSPS) is 12.4. The second-order valence-corrected chi connectivity index (χ2v) is 30.1. The predicted octanol–water partition coefficient (Wildman–Crippen LogP) is 21.4. The summed E-state index contributed by atoms with van der Waals surface area (Å²) in [6.45, 7) is 41.8. The summed E-state index contributed by atoms with van der Waals surface area (Å²) >= 11 is 0. The van der Waals surface area contributed by atoms with E-state index in [0.717, 1.165) is 181 Å². The van der Waals surface area contributed by atoms with Crippen LogP contribution >= 0.6 is 0 Å². The van der Waals surface area contributed by atoms with E-state index in [0.29, 0.717) is 244 Å². The fourth-order valence-corrected chi connectivity index (χ4v) is 10.2. The monoisotopic (exact) mass is 1940 g/mol. The molecule has 0 aromatic rings. The number of carbonyl (C=O) groups excluding carboxylic acids is 3. The molecule has 0 radical (unpaired) electrons. The van der Waals surface area contributed by atoms with Crippen LogP contribution in [0.5, 0.6) is 0 Å². The molecule has 0 aromatic heterocycles. The van der Waals surface area contributed by atoms with Gasteiger partial charge >= 0.3 is 41.9 Å². The van der Waals surface area contributed by atoms with Crippen LogP contribution in [0.4, 0.5) is 39.5 Å². The summed E-state index contributed by atoms with van der Waals surface area (Å²) in [5.74, 6) is -20.7. The van der Waals surface area contributed by atoms with E-state index in [1.807, 2.05) is 27.7 Å². The van der Waals surface area contributed by atoms with Crippen molar-refractivity contribution in [3.05, 3.63) is 0 Å². The van der Waals surface area contributed by atoms with E-state index in [1.165, 1.54) is 33.1 Å². The van der Waals surface area contributed by atoms with Gasteiger partial charge in [0.2, 0.25) is 0 Å². The van der Waals surface area contributed by atoms with Crippen LogP contribution in [0.3, 0.4) is 0 Å². The van der Waals surface area contributed by atoms with Gasteiger partial charge in [-0.25, -0.2) is 0 Å². The van der Waals surface area contributed by atoms with E-state index >= 15 is 0 Å². The smallest absolute Gasteiger partial charge is 0.460 e. The highest BCUT2D eigenvalue weighted by atomic mass is 19.4. The molecule has 131 heavy (non-hydrogen) atoms. The SMILES string of the molecule is C.C.C.C.C.C.CCC(C)C(=O)OCCC(F)(F)C(F)(F)C(F)(F)C(F)(F)F.CCC(C)C(=O)OCCCOCCCOCCCOCCCOCCCOCCCOCCCOCCCOCCCOCCCOCCCOCCCOCCCOCCCOCCCOCCCOCCCOCCCOCCCOCCCOC.CCCCC(CC)COC(=O)C(C)CC. The minimum absolute atomic E-state index is 0. The maximum absolute atomic E-state index is 13.0. The van der Waals surface area contributed by atoms with Gasteiger partial charge in [-0.1, -0.05) is 119 Å². The molecule has 0 saturated carbocycles. The third-order valence-corrected chi connectivity index (χ3v) is 18.6. The lowest BCUT2D eigenvalue weighted by molar-refractivity contribution is -0.397. The molecule has 0 aliphatic rings. The highest BCUT2D eigenvalue weighted by molar-refractivity contribution is 5.72. The van der Waals surface area contributed by atoms with E-state index in [4.69, 9.17) is 104 Å². The van der Waals surface area contributed by atoms with Gasteiger partial charge in [-0.05, 0) is 154 Å². The highest BCUT2D eigenvalue weighted by Gasteiger charge is 2.81. The first-order valence-corrected chi connectivity index (χ1v) is 46.6. The largest absolute Gasteiger partial charge is 0.465 e. The minimum Gasteiger partial charge on any atom is -0.465 e. The lowest BCUT2D eigenvalue weighted by Gasteiger charge is -2.33. The molecule has 4 atom stereocenters. The minimum atomic E-state index is -6.93. The summed E-state index contributed by atoms with van der Waals surface area (Å²) in [6, 6.07) is 0. The zero-order valence-corrected chi connectivity index (χ0v) is 78.3. The zero-order chi connectivity index (χ0) is 92.8. The van der Waals surface area contributed by atoms with Crippen molar-refractivity contribution in [1.29, 1.82) is 0 Å². The van der Waals surface area contributed by atoms with Crippen molar-refractivity contribution in [2.45, 2.75) is 304 Å². The first-order valence-electron chi connectivity index (χ1n) is 46.6. The average molecular weight is 1940 g/mol. The Balaban J connectivity index is -0.000000407. The van der Waals surface area contributed by atoms with Crippen LogP contribution in [0.25, 0.3) is 0 Å². The third kappa shape index (κ3) is 98.4. The van der Waals surface area contributed by atoms with E-state index in [2.05, 4.69) is 18.6 Å². The Hall–Kier alpha value is -3.02. The first kappa shape index (κ1) is 146. The Labute approximate surface area is 789 Å². The first-order chi connectivity index (χ1) is 60.5. The van der Waals surface area contributed by atoms with Gasteiger partial charge in [0.05, 0.1) is 44.0 Å². The summed E-state index contributed by atoms with van der Waals surface area (Å²) in [7, 11) is 1.71. The van der Waals surface area contributed by atoms with E-state index in [1.54, 1.807) is 7.11 Å². The molecule has 798 valence electrons. The van der Waals surface area contributed by atoms with Gasteiger partial charge in [-0.2, -0.15) is 39.5 Å². The van der Waals surface area contributed by atoms with Gasteiger partial charge in [-0.3, -0.25) is 14.4 Å². The van der Waals surface area contributed by atoms with E-state index < -0.39 is 48.9 Å². The van der Waals surface area contributed by atoms with Gasteiger partial charge in [0.25, 0.3) is 0 Å². The predicted molar refractivity (Wildman–Crippen MR) is 500 cm³/mol. The van der Waals surface area contributed by atoms with Gasteiger partial charge < -0.3 is 109 Å². The molecule has 0 aliphatic carbocycles. The van der Waals surface area contributed by atoms with Crippen LogP contribution in [0.15, 0.2) is 0 Å². The molecule has 0 spiro atoms. The fourth-order valence-electron chi connectivity index (χ4n) is 10.2. The Kier molecular flexibility index (Phi) is 123. The van der Waals surface area contributed by atoms with Crippen molar-refractivity contribution in [2.75, 3.05) is 285 Å². The topological polar surface area (TPSA) is 263 Å². The summed E-state index contributed by atoms with van der Waals surface area (Å²) < 4.78 is 240.